The summed E-state index contributed by atoms with van der Waals surface area (Å²) in [5.74, 6) is 0.552. The summed E-state index contributed by atoms with van der Waals surface area (Å²) < 4.78 is 31.4. The number of hydrogen-bond donors (Lipinski definition) is 1. The third-order valence-electron chi connectivity index (χ3n) is 4.46. The maximum Gasteiger partial charge on any atom is 0.243 e. The van der Waals surface area contributed by atoms with E-state index in [4.69, 9.17) is 4.74 Å². The maximum absolute atomic E-state index is 12.6. The van der Waals surface area contributed by atoms with Gasteiger partial charge in [0.2, 0.25) is 15.9 Å². The Labute approximate surface area is 173 Å². The normalized spacial score (nSPS) is 12.2. The van der Waals surface area contributed by atoms with Gasteiger partial charge in [0, 0.05) is 6.54 Å². The van der Waals surface area contributed by atoms with Crippen LogP contribution >= 0.6 is 0 Å². The van der Waals surface area contributed by atoms with Gasteiger partial charge in [0.15, 0.2) is 0 Å². The van der Waals surface area contributed by atoms with E-state index >= 15 is 0 Å². The number of nitrogens with zero attached hydrogens (tertiary/aromatic N) is 1. The van der Waals surface area contributed by atoms with Gasteiger partial charge in [-0.25, -0.2) is 8.42 Å². The van der Waals surface area contributed by atoms with Gasteiger partial charge in [-0.2, -0.15) is 0 Å². The minimum absolute atomic E-state index is 0.324. The van der Waals surface area contributed by atoms with Gasteiger partial charge in [-0.15, -0.1) is 0 Å². The van der Waals surface area contributed by atoms with Crippen molar-refractivity contribution < 1.29 is 17.9 Å². The van der Waals surface area contributed by atoms with Gasteiger partial charge in [0.25, 0.3) is 0 Å². The van der Waals surface area contributed by atoms with Crippen LogP contribution in [0.2, 0.25) is 0 Å². The lowest BCUT2D eigenvalue weighted by atomic mass is 10.1. The Bertz CT molecular complexity index is 885. The fourth-order valence-electron chi connectivity index (χ4n) is 3.09. The number of amides is 1. The van der Waals surface area contributed by atoms with Crippen molar-refractivity contribution >= 4 is 21.6 Å². The molecule has 0 aliphatic carbocycles. The molecule has 1 amide bonds. The Kier molecular flexibility index (Phi) is 8.51. The number of ether oxygens (including phenoxy) is 1. The van der Waals surface area contributed by atoms with Gasteiger partial charge >= 0.3 is 0 Å². The molecule has 0 bridgehead atoms. The number of benzene rings is 2. The van der Waals surface area contributed by atoms with Crippen molar-refractivity contribution in [2.45, 2.75) is 39.2 Å². The summed E-state index contributed by atoms with van der Waals surface area (Å²) in [7, 11) is -3.59. The van der Waals surface area contributed by atoms with Crippen LogP contribution in [0.15, 0.2) is 54.6 Å². The fourth-order valence-corrected chi connectivity index (χ4v) is 4.26. The van der Waals surface area contributed by atoms with Crippen LogP contribution in [0.25, 0.3) is 0 Å². The monoisotopic (exact) mass is 418 g/mol. The van der Waals surface area contributed by atoms with Gasteiger partial charge in [0.1, 0.15) is 11.8 Å². The first-order chi connectivity index (χ1) is 13.8. The van der Waals surface area contributed by atoms with E-state index in [1.165, 1.54) is 0 Å². The Morgan fingerprint density at radius 2 is 1.76 bits per heavy atom. The molecule has 2 aromatic carbocycles. The summed E-state index contributed by atoms with van der Waals surface area (Å²) in [5.41, 5.74) is 1.57. The van der Waals surface area contributed by atoms with Crippen molar-refractivity contribution in [3.63, 3.8) is 0 Å². The molecule has 0 aromatic heterocycles. The van der Waals surface area contributed by atoms with Crippen molar-refractivity contribution in [3.8, 4) is 5.75 Å². The van der Waals surface area contributed by atoms with Crippen LogP contribution in [0.1, 0.15) is 32.3 Å². The van der Waals surface area contributed by atoms with E-state index < -0.39 is 16.1 Å². The Balaban J connectivity index is 1.93. The summed E-state index contributed by atoms with van der Waals surface area (Å²) in [5, 5.41) is 2.85. The number of rotatable bonds is 11. The van der Waals surface area contributed by atoms with Gasteiger partial charge in [-0.05, 0) is 49.9 Å². The van der Waals surface area contributed by atoms with E-state index in [9.17, 15) is 13.2 Å². The zero-order valence-electron chi connectivity index (χ0n) is 17.3. The third kappa shape index (κ3) is 6.78. The second-order valence-electron chi connectivity index (χ2n) is 6.92. The molecule has 0 saturated heterocycles. The molecule has 0 radical (unpaired) electrons. The molecule has 0 aliphatic heterocycles. The number of anilines is 1. The van der Waals surface area contributed by atoms with Crippen LogP contribution in [-0.4, -0.2) is 39.8 Å². The lowest BCUT2D eigenvalue weighted by molar-refractivity contribution is -0.121. The van der Waals surface area contributed by atoms with Gasteiger partial charge < -0.3 is 10.1 Å². The quantitative estimate of drug-likeness (QED) is 0.568. The molecule has 0 heterocycles. The number of aryl methyl sites for hydroxylation is 1. The van der Waals surface area contributed by atoms with E-state index in [0.717, 1.165) is 41.1 Å². The SMILES string of the molecule is CCCOc1ccccc1CCCNC(=O)[C@H](C)N(c1ccccc1)S(C)(=O)=O. The lowest BCUT2D eigenvalue weighted by Gasteiger charge is -2.28. The maximum atomic E-state index is 12.6. The Hall–Kier alpha value is -2.54. The molecule has 7 heteroatoms. The summed E-state index contributed by atoms with van der Waals surface area (Å²) in [6, 6.07) is 15.7. The molecule has 2 aromatic rings. The first kappa shape index (κ1) is 22.7. The van der Waals surface area contributed by atoms with Crippen molar-refractivity contribution in [2.75, 3.05) is 23.7 Å². The minimum Gasteiger partial charge on any atom is -0.493 e. The molecule has 158 valence electrons. The zero-order chi connectivity index (χ0) is 21.3. The second kappa shape index (κ2) is 10.9. The second-order valence-corrected chi connectivity index (χ2v) is 8.78. The summed E-state index contributed by atoms with van der Waals surface area (Å²) in [6.07, 6.45) is 3.55. The summed E-state index contributed by atoms with van der Waals surface area (Å²) >= 11 is 0. The van der Waals surface area contributed by atoms with Crippen LogP contribution in [0.3, 0.4) is 0 Å². The van der Waals surface area contributed by atoms with Crippen LogP contribution < -0.4 is 14.4 Å². The highest BCUT2D eigenvalue weighted by molar-refractivity contribution is 7.92. The fraction of sp³-hybridized carbons (Fsp3) is 0.409. The molecule has 6 nitrogen and oxygen atoms in total. The summed E-state index contributed by atoms with van der Waals surface area (Å²) in [4.78, 5) is 12.6. The highest BCUT2D eigenvalue weighted by Crippen LogP contribution is 2.21. The molecule has 1 N–H and O–H groups in total. The van der Waals surface area contributed by atoms with Crippen molar-refractivity contribution in [3.05, 3.63) is 60.2 Å². The van der Waals surface area contributed by atoms with Gasteiger partial charge in [-0.3, -0.25) is 9.10 Å². The first-order valence-electron chi connectivity index (χ1n) is 9.87. The third-order valence-corrected chi connectivity index (χ3v) is 5.70. The van der Waals surface area contributed by atoms with E-state index in [-0.39, 0.29) is 5.91 Å². The molecule has 0 saturated carbocycles. The Morgan fingerprint density at radius 1 is 1.10 bits per heavy atom. The first-order valence-corrected chi connectivity index (χ1v) is 11.7. The molecule has 0 aliphatic rings. The van der Waals surface area contributed by atoms with Crippen molar-refractivity contribution in [1.82, 2.24) is 5.32 Å². The average Bonchev–Trinajstić information content (AvgIpc) is 2.70. The van der Waals surface area contributed by atoms with Crippen molar-refractivity contribution in [2.24, 2.45) is 0 Å². The number of sulfonamides is 1. The number of nitrogens with one attached hydrogen (secondary N) is 1. The van der Waals surface area contributed by atoms with E-state index in [0.29, 0.717) is 18.8 Å². The van der Waals surface area contributed by atoms with E-state index in [2.05, 4.69) is 12.2 Å². The Morgan fingerprint density at radius 3 is 2.41 bits per heavy atom. The molecular weight excluding hydrogens is 388 g/mol. The van der Waals surface area contributed by atoms with E-state index in [1.54, 1.807) is 37.3 Å². The molecule has 1 atom stereocenters. The largest absolute Gasteiger partial charge is 0.493 e. The molecular formula is C22H30N2O4S. The van der Waals surface area contributed by atoms with E-state index in [1.807, 2.05) is 24.3 Å². The lowest BCUT2D eigenvalue weighted by Crippen LogP contribution is -2.48. The number of carbonyl (C=O) groups excluding carboxylic acids is 1. The molecule has 0 fully saturated rings. The predicted molar refractivity (Wildman–Crippen MR) is 117 cm³/mol. The van der Waals surface area contributed by atoms with Crippen molar-refractivity contribution in [1.29, 1.82) is 0 Å². The van der Waals surface area contributed by atoms with Gasteiger partial charge in [-0.1, -0.05) is 43.3 Å². The van der Waals surface area contributed by atoms with Gasteiger partial charge in [0.05, 0.1) is 18.6 Å². The van der Waals surface area contributed by atoms with Crippen LogP contribution in [0.5, 0.6) is 5.75 Å². The standard InChI is InChI=1S/C22H30N2O4S/c1-4-17-28-21-15-9-8-11-19(21)12-10-16-23-22(25)18(2)24(29(3,26)27)20-13-6-5-7-14-20/h5-9,11,13-15,18H,4,10,12,16-17H2,1-3H3,(H,23,25)/t18-/m0/s1. The number of para-hydroxylation sites is 2. The number of carbonyl (C=O) groups is 1. The molecule has 0 unspecified atom stereocenters. The molecule has 0 spiro atoms. The molecule has 2 rings (SSSR count). The highest BCUT2D eigenvalue weighted by atomic mass is 32.2. The average molecular weight is 419 g/mol. The van der Waals surface area contributed by atoms with Crippen LogP contribution in [0, 0.1) is 0 Å². The minimum atomic E-state index is -3.59. The topological polar surface area (TPSA) is 75.7 Å². The number of hydrogen-bond acceptors (Lipinski definition) is 4. The highest BCUT2D eigenvalue weighted by Gasteiger charge is 2.28. The molecule has 29 heavy (non-hydrogen) atoms. The van der Waals surface area contributed by atoms with Crippen LogP contribution in [0.4, 0.5) is 5.69 Å². The zero-order valence-corrected chi connectivity index (χ0v) is 18.1. The summed E-state index contributed by atoms with van der Waals surface area (Å²) in [6.45, 7) is 4.79. The predicted octanol–water partition coefficient (Wildman–Crippen LogP) is 3.38. The smallest absolute Gasteiger partial charge is 0.243 e. The van der Waals surface area contributed by atoms with Crippen LogP contribution in [-0.2, 0) is 21.2 Å².